The van der Waals surface area contributed by atoms with Gasteiger partial charge in [0.05, 0.1) is 10.9 Å². The van der Waals surface area contributed by atoms with Gasteiger partial charge in [0.2, 0.25) is 0 Å². The second-order valence-corrected chi connectivity index (χ2v) is 5.00. The normalized spacial score (nSPS) is 11.6. The molecule has 0 amide bonds. The van der Waals surface area contributed by atoms with Gasteiger partial charge in [-0.25, -0.2) is 8.78 Å². The summed E-state index contributed by atoms with van der Waals surface area (Å²) in [7, 11) is 0. The quantitative estimate of drug-likeness (QED) is 0.866. The Labute approximate surface area is 100 Å². The molecule has 0 bridgehead atoms. The van der Waals surface area contributed by atoms with Gasteiger partial charge in [0.25, 0.3) is 0 Å². The molecule has 0 saturated heterocycles. The highest BCUT2D eigenvalue weighted by molar-refractivity contribution is 9.10. The Balaban J connectivity index is 3.26. The van der Waals surface area contributed by atoms with Gasteiger partial charge in [0.15, 0.2) is 0 Å². The zero-order valence-corrected chi connectivity index (χ0v) is 10.4. The Bertz CT molecular complexity index is 430. The standard InChI is InChI=1S/C11H11BrF2O2/c1-11(2,5-9(15)16)7-3-6(13)4-8(14)10(7)12/h3-4H,5H2,1-2H3,(H,15,16). The van der Waals surface area contributed by atoms with Gasteiger partial charge in [-0.3, -0.25) is 4.79 Å². The van der Waals surface area contributed by atoms with Crippen LogP contribution in [0.2, 0.25) is 0 Å². The van der Waals surface area contributed by atoms with Crippen molar-refractivity contribution < 1.29 is 18.7 Å². The van der Waals surface area contributed by atoms with Crippen molar-refractivity contribution in [3.63, 3.8) is 0 Å². The molecular weight excluding hydrogens is 282 g/mol. The summed E-state index contributed by atoms with van der Waals surface area (Å²) in [5.74, 6) is -2.45. The number of carboxylic acids is 1. The minimum absolute atomic E-state index is 0.111. The molecule has 0 atom stereocenters. The van der Waals surface area contributed by atoms with Crippen molar-refractivity contribution >= 4 is 21.9 Å². The Morgan fingerprint density at radius 3 is 2.50 bits per heavy atom. The van der Waals surface area contributed by atoms with Crippen molar-refractivity contribution in [3.05, 3.63) is 33.8 Å². The highest BCUT2D eigenvalue weighted by atomic mass is 79.9. The maximum Gasteiger partial charge on any atom is 0.304 e. The summed E-state index contributed by atoms with van der Waals surface area (Å²) >= 11 is 3.01. The summed E-state index contributed by atoms with van der Waals surface area (Å²) in [4.78, 5) is 10.7. The maximum atomic E-state index is 13.3. The van der Waals surface area contributed by atoms with Gasteiger partial charge < -0.3 is 5.11 Å². The molecule has 88 valence electrons. The monoisotopic (exact) mass is 292 g/mol. The van der Waals surface area contributed by atoms with Crippen LogP contribution in [0.25, 0.3) is 0 Å². The number of aliphatic carboxylic acids is 1. The van der Waals surface area contributed by atoms with E-state index in [0.717, 1.165) is 12.1 Å². The Kier molecular flexibility index (Phi) is 3.68. The van der Waals surface area contributed by atoms with Crippen molar-refractivity contribution in [1.29, 1.82) is 0 Å². The summed E-state index contributed by atoms with van der Waals surface area (Å²) in [5.41, 5.74) is -0.527. The summed E-state index contributed by atoms with van der Waals surface area (Å²) < 4.78 is 26.5. The van der Waals surface area contributed by atoms with Crippen LogP contribution in [0.5, 0.6) is 0 Å². The van der Waals surface area contributed by atoms with Gasteiger partial charge in [0.1, 0.15) is 11.6 Å². The lowest BCUT2D eigenvalue weighted by molar-refractivity contribution is -0.138. The lowest BCUT2D eigenvalue weighted by Crippen LogP contribution is -2.22. The van der Waals surface area contributed by atoms with E-state index in [0.29, 0.717) is 5.56 Å². The molecule has 1 aromatic rings. The number of rotatable bonds is 3. The van der Waals surface area contributed by atoms with Crippen LogP contribution in [0.15, 0.2) is 16.6 Å². The van der Waals surface area contributed by atoms with E-state index < -0.39 is 23.0 Å². The van der Waals surface area contributed by atoms with Gasteiger partial charge in [0, 0.05) is 11.5 Å². The molecule has 0 spiro atoms. The predicted molar refractivity (Wildman–Crippen MR) is 59.3 cm³/mol. The topological polar surface area (TPSA) is 37.3 Å². The summed E-state index contributed by atoms with van der Waals surface area (Å²) in [5, 5.41) is 8.74. The molecule has 0 aliphatic carbocycles. The van der Waals surface area contributed by atoms with Crippen LogP contribution in [0.3, 0.4) is 0 Å². The van der Waals surface area contributed by atoms with Crippen LogP contribution in [0.4, 0.5) is 8.78 Å². The van der Waals surface area contributed by atoms with E-state index in [2.05, 4.69) is 15.9 Å². The summed E-state index contributed by atoms with van der Waals surface area (Å²) in [6.07, 6.45) is -0.200. The number of hydrogen-bond donors (Lipinski definition) is 1. The largest absolute Gasteiger partial charge is 0.481 e. The number of benzene rings is 1. The van der Waals surface area contributed by atoms with Crippen molar-refractivity contribution in [2.24, 2.45) is 0 Å². The third kappa shape index (κ3) is 2.78. The van der Waals surface area contributed by atoms with E-state index in [1.807, 2.05) is 0 Å². The average molecular weight is 293 g/mol. The zero-order chi connectivity index (χ0) is 12.5. The van der Waals surface area contributed by atoms with Crippen molar-refractivity contribution in [1.82, 2.24) is 0 Å². The van der Waals surface area contributed by atoms with Crippen molar-refractivity contribution in [2.75, 3.05) is 0 Å². The molecule has 0 aliphatic rings. The second kappa shape index (κ2) is 4.49. The lowest BCUT2D eigenvalue weighted by Gasteiger charge is -2.24. The molecule has 0 fully saturated rings. The molecule has 0 unspecified atom stereocenters. The van der Waals surface area contributed by atoms with Crippen molar-refractivity contribution in [2.45, 2.75) is 25.7 Å². The molecule has 0 heterocycles. The summed E-state index contributed by atoms with van der Waals surface area (Å²) in [6.45, 7) is 3.25. The first-order valence-corrected chi connectivity index (χ1v) is 5.40. The lowest BCUT2D eigenvalue weighted by atomic mass is 9.81. The molecule has 2 nitrogen and oxygen atoms in total. The minimum atomic E-state index is -1.01. The predicted octanol–water partition coefficient (Wildman–Crippen LogP) is 3.48. The summed E-state index contributed by atoms with van der Waals surface area (Å²) in [6, 6.07) is 1.90. The molecule has 16 heavy (non-hydrogen) atoms. The van der Waals surface area contributed by atoms with Crippen LogP contribution < -0.4 is 0 Å². The number of carbonyl (C=O) groups is 1. The van der Waals surface area contributed by atoms with Crippen LogP contribution in [0.1, 0.15) is 25.8 Å². The van der Waals surface area contributed by atoms with Crippen LogP contribution >= 0.6 is 15.9 Å². The van der Waals surface area contributed by atoms with Crippen LogP contribution in [-0.2, 0) is 10.2 Å². The van der Waals surface area contributed by atoms with Gasteiger partial charge in [-0.1, -0.05) is 13.8 Å². The van der Waals surface area contributed by atoms with Gasteiger partial charge in [-0.15, -0.1) is 0 Å². The fourth-order valence-corrected chi connectivity index (χ4v) is 2.29. The van der Waals surface area contributed by atoms with E-state index in [1.54, 1.807) is 13.8 Å². The molecule has 0 saturated carbocycles. The molecule has 1 aromatic carbocycles. The Hall–Kier alpha value is -0.970. The molecule has 0 radical (unpaired) electrons. The maximum absolute atomic E-state index is 13.3. The molecule has 1 rings (SSSR count). The first-order valence-electron chi connectivity index (χ1n) is 4.61. The first kappa shape index (κ1) is 13.1. The van der Waals surface area contributed by atoms with E-state index in [-0.39, 0.29) is 10.9 Å². The number of hydrogen-bond acceptors (Lipinski definition) is 1. The van der Waals surface area contributed by atoms with E-state index in [4.69, 9.17) is 5.11 Å². The van der Waals surface area contributed by atoms with E-state index in [9.17, 15) is 13.6 Å². The number of halogens is 3. The highest BCUT2D eigenvalue weighted by Crippen LogP contribution is 2.35. The minimum Gasteiger partial charge on any atom is -0.481 e. The van der Waals surface area contributed by atoms with Gasteiger partial charge >= 0.3 is 5.97 Å². The third-order valence-electron chi connectivity index (χ3n) is 2.32. The van der Waals surface area contributed by atoms with Gasteiger partial charge in [-0.2, -0.15) is 0 Å². The smallest absolute Gasteiger partial charge is 0.304 e. The molecule has 0 aromatic heterocycles. The van der Waals surface area contributed by atoms with E-state index >= 15 is 0 Å². The fraction of sp³-hybridized carbons (Fsp3) is 0.364. The highest BCUT2D eigenvalue weighted by Gasteiger charge is 2.28. The fourth-order valence-electron chi connectivity index (χ4n) is 1.52. The van der Waals surface area contributed by atoms with E-state index in [1.165, 1.54) is 0 Å². The molecule has 0 aliphatic heterocycles. The third-order valence-corrected chi connectivity index (χ3v) is 3.12. The van der Waals surface area contributed by atoms with Crippen LogP contribution in [-0.4, -0.2) is 11.1 Å². The van der Waals surface area contributed by atoms with Gasteiger partial charge in [-0.05, 0) is 27.6 Å². The SMILES string of the molecule is CC(C)(CC(=O)O)c1cc(F)cc(F)c1Br. The first-order chi connectivity index (χ1) is 7.24. The zero-order valence-electron chi connectivity index (χ0n) is 8.85. The van der Waals surface area contributed by atoms with Crippen LogP contribution in [0, 0.1) is 11.6 Å². The average Bonchev–Trinajstić information content (AvgIpc) is 2.08. The Morgan fingerprint density at radius 1 is 1.44 bits per heavy atom. The molecule has 1 N–H and O–H groups in total. The van der Waals surface area contributed by atoms with Crippen molar-refractivity contribution in [3.8, 4) is 0 Å². The molecular formula is C11H11BrF2O2. The number of carboxylic acid groups (broad SMARTS) is 1. The molecule has 5 heteroatoms. The Morgan fingerprint density at radius 2 is 2.00 bits per heavy atom. The second-order valence-electron chi connectivity index (χ2n) is 4.20.